The molecule has 3 fully saturated rings. The summed E-state index contributed by atoms with van der Waals surface area (Å²) in [5, 5.41) is 16.0. The average molecular weight is 651 g/mol. The fraction of sp³-hybridized carbons (Fsp3) is 0.571. The summed E-state index contributed by atoms with van der Waals surface area (Å²) in [6, 6.07) is 6.49. The fourth-order valence-electron chi connectivity index (χ4n) is 6.96. The van der Waals surface area contributed by atoms with Gasteiger partial charge in [-0.05, 0) is 68.8 Å². The first-order valence-electron chi connectivity index (χ1n) is 14.7. The summed E-state index contributed by atoms with van der Waals surface area (Å²) < 4.78 is 30.2. The first-order chi connectivity index (χ1) is 20.6. The van der Waals surface area contributed by atoms with E-state index in [1.54, 1.807) is 41.4 Å². The minimum Gasteiger partial charge on any atom is -0.312 e. The topological polar surface area (TPSA) is 139 Å². The van der Waals surface area contributed by atoms with Crippen LogP contribution in [0.25, 0.3) is 16.9 Å². The van der Waals surface area contributed by atoms with Crippen LogP contribution in [-0.4, -0.2) is 81.4 Å². The van der Waals surface area contributed by atoms with Gasteiger partial charge in [0.2, 0.25) is 10.0 Å². The van der Waals surface area contributed by atoms with Gasteiger partial charge in [-0.1, -0.05) is 41.8 Å². The van der Waals surface area contributed by atoms with Gasteiger partial charge in [0.05, 0.1) is 42.2 Å². The Hall–Kier alpha value is -2.39. The van der Waals surface area contributed by atoms with Crippen LogP contribution in [0.3, 0.4) is 0 Å². The fourth-order valence-corrected chi connectivity index (χ4v) is 8.33. The largest absolute Gasteiger partial charge is 0.312 e. The van der Waals surface area contributed by atoms with E-state index >= 15 is 0 Å². The zero-order valence-corrected chi connectivity index (χ0v) is 26.5. The van der Waals surface area contributed by atoms with Crippen molar-refractivity contribution in [1.82, 2.24) is 45.0 Å². The van der Waals surface area contributed by atoms with Gasteiger partial charge in [-0.3, -0.25) is 9.36 Å². The predicted molar refractivity (Wildman–Crippen MR) is 166 cm³/mol. The molecule has 43 heavy (non-hydrogen) atoms. The molecule has 12 nitrogen and oxygen atoms in total. The molecule has 3 aliphatic heterocycles. The summed E-state index contributed by atoms with van der Waals surface area (Å²) in [7, 11) is -3.45. The number of rotatable bonds is 4. The lowest BCUT2D eigenvalue weighted by Gasteiger charge is -2.42. The first-order valence-corrected chi connectivity index (χ1v) is 17.3. The molecule has 15 heteroatoms. The zero-order valence-electron chi connectivity index (χ0n) is 24.2. The molecule has 0 spiro atoms. The van der Waals surface area contributed by atoms with E-state index in [2.05, 4.69) is 33.3 Å². The Labute approximate surface area is 261 Å². The van der Waals surface area contributed by atoms with Crippen LogP contribution in [0.2, 0.25) is 10.2 Å². The number of hydrogen-bond acceptors (Lipinski definition) is 9. The Morgan fingerprint density at radius 2 is 1.88 bits per heavy atom. The van der Waals surface area contributed by atoms with E-state index in [4.69, 9.17) is 28.2 Å². The number of nitrogens with one attached hydrogen (secondary N) is 3. The van der Waals surface area contributed by atoms with Gasteiger partial charge in [0.25, 0.3) is 5.56 Å². The minimum absolute atomic E-state index is 0.0134. The van der Waals surface area contributed by atoms with Gasteiger partial charge in [0.15, 0.2) is 5.15 Å². The number of nitrogens with zero attached hydrogens (tertiary/aromatic N) is 6. The van der Waals surface area contributed by atoms with E-state index in [9.17, 15) is 13.2 Å². The predicted octanol–water partition coefficient (Wildman–Crippen LogP) is 2.63. The van der Waals surface area contributed by atoms with Gasteiger partial charge in [0.1, 0.15) is 0 Å². The zero-order chi connectivity index (χ0) is 30.3. The Morgan fingerprint density at radius 1 is 1.05 bits per heavy atom. The highest BCUT2D eigenvalue weighted by Gasteiger charge is 2.46. The third-order valence-corrected chi connectivity index (χ3v) is 10.5. The van der Waals surface area contributed by atoms with E-state index in [1.807, 2.05) is 0 Å². The number of hydrazine groups is 1. The summed E-state index contributed by atoms with van der Waals surface area (Å²) in [5.74, 6) is 0.529. The SMILES string of the molecule is C[C@@H]1CCC[C@H](n2cnc(-c3cc(Cl)ccc3-n3cc(Cl)nn3)cc2=O)C2CC(CCN2)C2C(CNN2S(C)(=O)=O)NC1. The van der Waals surface area contributed by atoms with Crippen molar-refractivity contribution in [2.75, 3.05) is 25.9 Å². The molecule has 0 radical (unpaired) electrons. The van der Waals surface area contributed by atoms with Crippen LogP contribution in [0.5, 0.6) is 0 Å². The summed E-state index contributed by atoms with van der Waals surface area (Å²) in [4.78, 5) is 18.6. The molecule has 232 valence electrons. The van der Waals surface area contributed by atoms with Gasteiger partial charge >= 0.3 is 0 Å². The maximum Gasteiger partial charge on any atom is 0.254 e. The Morgan fingerprint density at radius 3 is 2.63 bits per heavy atom. The first kappa shape index (κ1) is 30.6. The lowest BCUT2D eigenvalue weighted by molar-refractivity contribution is 0.140. The van der Waals surface area contributed by atoms with Crippen molar-refractivity contribution in [3.05, 3.63) is 57.3 Å². The van der Waals surface area contributed by atoms with Crippen LogP contribution in [0, 0.1) is 11.8 Å². The highest BCUT2D eigenvalue weighted by atomic mass is 35.5. The van der Waals surface area contributed by atoms with Crippen molar-refractivity contribution in [2.45, 2.75) is 63.2 Å². The Bertz CT molecular complexity index is 1630. The lowest BCUT2D eigenvalue weighted by atomic mass is 9.80. The van der Waals surface area contributed by atoms with E-state index in [0.717, 1.165) is 45.2 Å². The molecule has 3 saturated heterocycles. The smallest absolute Gasteiger partial charge is 0.254 e. The monoisotopic (exact) mass is 649 g/mol. The number of sulfonamides is 1. The molecule has 0 aliphatic carbocycles. The Kier molecular flexibility index (Phi) is 8.93. The van der Waals surface area contributed by atoms with Crippen molar-refractivity contribution in [1.29, 1.82) is 0 Å². The second-order valence-electron chi connectivity index (χ2n) is 12.0. The normalized spacial score (nSPS) is 29.0. The van der Waals surface area contributed by atoms with Crippen molar-refractivity contribution >= 4 is 33.2 Å². The van der Waals surface area contributed by atoms with Gasteiger partial charge in [-0.2, -0.15) is 0 Å². The summed E-state index contributed by atoms with van der Waals surface area (Å²) in [6.07, 6.45) is 8.83. The number of aromatic nitrogens is 5. The molecule has 2 bridgehead atoms. The second kappa shape index (κ2) is 12.5. The van der Waals surface area contributed by atoms with Crippen molar-refractivity contribution in [2.24, 2.45) is 11.8 Å². The number of halogens is 2. The van der Waals surface area contributed by atoms with Crippen molar-refractivity contribution in [3.63, 3.8) is 0 Å². The minimum atomic E-state index is -3.45. The van der Waals surface area contributed by atoms with Gasteiger partial charge in [-0.25, -0.2) is 23.5 Å². The van der Waals surface area contributed by atoms with Crippen LogP contribution < -0.4 is 21.6 Å². The molecule has 0 saturated carbocycles. The maximum atomic E-state index is 13.8. The molecule has 4 unspecified atom stereocenters. The second-order valence-corrected chi connectivity index (χ2v) is 14.7. The molecule has 2 aromatic heterocycles. The Balaban J connectivity index is 1.34. The van der Waals surface area contributed by atoms with E-state index in [0.29, 0.717) is 34.4 Å². The molecule has 3 aromatic rings. The van der Waals surface area contributed by atoms with Crippen LogP contribution >= 0.6 is 23.2 Å². The standard InChI is InChI=1S/C28H37Cl2N9O3S/c1-17-4-3-5-25(22-10-18(8-9-31-22)28-23(32-13-17)14-34-39(28)43(2,41)42)37-16-33-21(12-27(37)40)20-11-19(29)6-7-24(20)38-15-26(30)35-36-38/h6-7,11-12,15-18,22-23,25,28,31-32,34H,3-5,8-10,13-14H2,1-2H3/t17-,18?,22?,23?,25+,28?/m1/s1. The van der Waals surface area contributed by atoms with Gasteiger partial charge in [-0.15, -0.1) is 9.51 Å². The van der Waals surface area contributed by atoms with E-state index in [1.165, 1.54) is 15.4 Å². The number of hydrogen-bond donors (Lipinski definition) is 3. The summed E-state index contributed by atoms with van der Waals surface area (Å²) in [5.41, 5.74) is 4.73. The average Bonchev–Trinajstić information content (AvgIpc) is 3.60. The van der Waals surface area contributed by atoms with Crippen LogP contribution in [-0.2, 0) is 10.0 Å². The van der Waals surface area contributed by atoms with Crippen molar-refractivity contribution < 1.29 is 8.42 Å². The number of piperidine rings is 1. The maximum absolute atomic E-state index is 13.8. The summed E-state index contributed by atoms with van der Waals surface area (Å²) in [6.45, 7) is 4.34. The van der Waals surface area contributed by atoms with Gasteiger partial charge < -0.3 is 10.6 Å². The quantitative estimate of drug-likeness (QED) is 0.389. The molecule has 6 rings (SSSR count). The van der Waals surface area contributed by atoms with Gasteiger partial charge in [0, 0.05) is 35.3 Å². The van der Waals surface area contributed by atoms with Crippen LogP contribution in [0.15, 0.2) is 41.6 Å². The third-order valence-electron chi connectivity index (χ3n) is 9.00. The van der Waals surface area contributed by atoms with Crippen molar-refractivity contribution in [3.8, 4) is 16.9 Å². The third kappa shape index (κ3) is 6.53. The van der Waals surface area contributed by atoms with Crippen LogP contribution in [0.1, 0.15) is 45.1 Å². The molecule has 6 atom stereocenters. The van der Waals surface area contributed by atoms with E-state index in [-0.39, 0.29) is 40.8 Å². The highest BCUT2D eigenvalue weighted by Crippen LogP contribution is 2.35. The summed E-state index contributed by atoms with van der Waals surface area (Å²) >= 11 is 12.4. The molecule has 3 N–H and O–H groups in total. The molecule has 0 amide bonds. The molecular weight excluding hydrogens is 613 g/mol. The molecule has 1 aromatic carbocycles. The highest BCUT2D eigenvalue weighted by molar-refractivity contribution is 7.88. The lowest BCUT2D eigenvalue weighted by Crippen LogP contribution is -2.56. The molecule has 3 aliphatic rings. The molecular formula is C28H37Cl2N9O3S. The van der Waals surface area contributed by atoms with E-state index < -0.39 is 10.0 Å². The molecule has 5 heterocycles. The van der Waals surface area contributed by atoms with Crippen LogP contribution in [0.4, 0.5) is 0 Å². The number of fused-ring (bicyclic) bond motifs is 4. The number of benzene rings is 1.